The number of anilines is 1. The van der Waals surface area contributed by atoms with Gasteiger partial charge in [-0.05, 0) is 48.2 Å². The number of hydrogen-bond donors (Lipinski definition) is 1. The van der Waals surface area contributed by atoms with Gasteiger partial charge in [0.1, 0.15) is 5.82 Å². The Balaban J connectivity index is 2.07. The van der Waals surface area contributed by atoms with E-state index in [4.69, 9.17) is 17.3 Å². The largest absolute Gasteiger partial charge is 0.384 e. The van der Waals surface area contributed by atoms with E-state index < -0.39 is 0 Å². The summed E-state index contributed by atoms with van der Waals surface area (Å²) in [4.78, 5) is 3.97. The van der Waals surface area contributed by atoms with Crippen LogP contribution in [0.3, 0.4) is 0 Å². The Morgan fingerprint density at radius 1 is 1.18 bits per heavy atom. The number of aromatic nitrogens is 1. The van der Waals surface area contributed by atoms with Gasteiger partial charge in [-0.2, -0.15) is 0 Å². The van der Waals surface area contributed by atoms with Crippen molar-refractivity contribution < 1.29 is 0 Å². The third-order valence-electron chi connectivity index (χ3n) is 2.54. The summed E-state index contributed by atoms with van der Waals surface area (Å²) in [5, 5.41) is 0.793. The molecule has 0 bridgehead atoms. The molecule has 0 amide bonds. The minimum Gasteiger partial charge on any atom is -0.384 e. The first kappa shape index (κ1) is 12.4. The first-order chi connectivity index (χ1) is 8.15. The van der Waals surface area contributed by atoms with Gasteiger partial charge in [0.25, 0.3) is 0 Å². The first-order valence-corrected chi connectivity index (χ1v) is 6.46. The summed E-state index contributed by atoms with van der Waals surface area (Å²) in [6.07, 6.45) is 3.54. The zero-order valence-electron chi connectivity index (χ0n) is 9.16. The standard InChI is InChI=1S/C13H12BrClN2/c14-11-4-3-10(12(15)8-11)2-1-9-5-6-17-13(16)7-9/h3-8H,1-2H2,(H2,16,17). The molecule has 0 aliphatic rings. The second kappa shape index (κ2) is 5.52. The Morgan fingerprint density at radius 3 is 2.71 bits per heavy atom. The Labute approximate surface area is 114 Å². The molecule has 0 atom stereocenters. The molecule has 2 N–H and O–H groups in total. The second-order valence-corrected chi connectivity index (χ2v) is 5.15. The summed E-state index contributed by atoms with van der Waals surface area (Å²) in [7, 11) is 0. The first-order valence-electron chi connectivity index (χ1n) is 5.29. The molecule has 1 heterocycles. The fourth-order valence-electron chi connectivity index (χ4n) is 1.65. The van der Waals surface area contributed by atoms with Crippen LogP contribution in [0.15, 0.2) is 41.0 Å². The molecule has 0 radical (unpaired) electrons. The van der Waals surface area contributed by atoms with Gasteiger partial charge >= 0.3 is 0 Å². The Morgan fingerprint density at radius 2 is 2.00 bits per heavy atom. The lowest BCUT2D eigenvalue weighted by molar-refractivity contribution is 0.956. The molecule has 17 heavy (non-hydrogen) atoms. The molecule has 0 aliphatic carbocycles. The van der Waals surface area contributed by atoms with Gasteiger partial charge < -0.3 is 5.73 Å². The van der Waals surface area contributed by atoms with Gasteiger partial charge in [-0.1, -0.05) is 33.6 Å². The van der Waals surface area contributed by atoms with Crippen molar-refractivity contribution in [1.82, 2.24) is 4.98 Å². The number of rotatable bonds is 3. The van der Waals surface area contributed by atoms with Gasteiger partial charge in [-0.25, -0.2) is 4.98 Å². The average molecular weight is 312 g/mol. The van der Waals surface area contributed by atoms with Crippen molar-refractivity contribution in [2.75, 3.05) is 5.73 Å². The lowest BCUT2D eigenvalue weighted by atomic mass is 10.1. The molecule has 1 aromatic heterocycles. The van der Waals surface area contributed by atoms with Crippen molar-refractivity contribution in [2.45, 2.75) is 12.8 Å². The van der Waals surface area contributed by atoms with Crippen LogP contribution in [0.2, 0.25) is 5.02 Å². The molecule has 2 aromatic rings. The normalized spacial score (nSPS) is 10.5. The van der Waals surface area contributed by atoms with Crippen LogP contribution >= 0.6 is 27.5 Å². The van der Waals surface area contributed by atoms with Gasteiger partial charge in [0.2, 0.25) is 0 Å². The maximum absolute atomic E-state index is 6.16. The number of halogens is 2. The van der Waals surface area contributed by atoms with Crippen LogP contribution in [0.4, 0.5) is 5.82 Å². The minimum absolute atomic E-state index is 0.560. The molecule has 0 aliphatic heterocycles. The van der Waals surface area contributed by atoms with E-state index in [0.29, 0.717) is 5.82 Å². The molecule has 0 saturated carbocycles. The molecule has 4 heteroatoms. The van der Waals surface area contributed by atoms with E-state index in [-0.39, 0.29) is 0 Å². The number of aryl methyl sites for hydroxylation is 2. The third-order valence-corrected chi connectivity index (χ3v) is 3.39. The predicted octanol–water partition coefficient (Wildman–Crippen LogP) is 3.86. The summed E-state index contributed by atoms with van der Waals surface area (Å²) in [6, 6.07) is 9.83. The minimum atomic E-state index is 0.560. The van der Waals surface area contributed by atoms with Crippen LogP contribution in [0.25, 0.3) is 0 Å². The topological polar surface area (TPSA) is 38.9 Å². The highest BCUT2D eigenvalue weighted by atomic mass is 79.9. The number of nitrogen functional groups attached to an aromatic ring is 1. The number of nitrogens with two attached hydrogens (primary N) is 1. The number of pyridine rings is 1. The molecular formula is C13H12BrClN2. The van der Waals surface area contributed by atoms with Gasteiger partial charge in [0, 0.05) is 15.7 Å². The van der Waals surface area contributed by atoms with E-state index in [2.05, 4.69) is 20.9 Å². The van der Waals surface area contributed by atoms with Gasteiger partial charge in [-0.3, -0.25) is 0 Å². The molecule has 2 rings (SSSR count). The predicted molar refractivity (Wildman–Crippen MR) is 75.2 cm³/mol. The number of benzene rings is 1. The van der Waals surface area contributed by atoms with E-state index in [0.717, 1.165) is 27.9 Å². The van der Waals surface area contributed by atoms with Crippen molar-refractivity contribution >= 4 is 33.3 Å². The van der Waals surface area contributed by atoms with Gasteiger partial charge in [-0.15, -0.1) is 0 Å². The van der Waals surface area contributed by atoms with Crippen LogP contribution < -0.4 is 5.73 Å². The highest BCUT2D eigenvalue weighted by Gasteiger charge is 2.02. The summed E-state index contributed by atoms with van der Waals surface area (Å²) >= 11 is 9.55. The molecule has 0 fully saturated rings. The quantitative estimate of drug-likeness (QED) is 0.934. The van der Waals surface area contributed by atoms with Gasteiger partial charge in [0.05, 0.1) is 0 Å². The number of hydrogen-bond acceptors (Lipinski definition) is 2. The third kappa shape index (κ3) is 3.45. The molecule has 0 unspecified atom stereocenters. The summed E-state index contributed by atoms with van der Waals surface area (Å²) in [6.45, 7) is 0. The monoisotopic (exact) mass is 310 g/mol. The smallest absolute Gasteiger partial charge is 0.123 e. The second-order valence-electron chi connectivity index (χ2n) is 3.82. The summed E-state index contributed by atoms with van der Waals surface area (Å²) in [5.41, 5.74) is 7.95. The molecule has 2 nitrogen and oxygen atoms in total. The fourth-order valence-corrected chi connectivity index (χ4v) is 2.42. The molecule has 0 spiro atoms. The maximum atomic E-state index is 6.16. The van der Waals surface area contributed by atoms with Crippen LogP contribution in [0, 0.1) is 0 Å². The van der Waals surface area contributed by atoms with Crippen LogP contribution in [-0.4, -0.2) is 4.98 Å². The van der Waals surface area contributed by atoms with Crippen molar-refractivity contribution in [3.63, 3.8) is 0 Å². The Bertz CT molecular complexity index is 529. The highest BCUT2D eigenvalue weighted by molar-refractivity contribution is 9.10. The number of nitrogens with zero attached hydrogens (tertiary/aromatic N) is 1. The van der Waals surface area contributed by atoms with E-state index in [1.165, 1.54) is 5.56 Å². The SMILES string of the molecule is Nc1cc(CCc2ccc(Br)cc2Cl)ccn1. The average Bonchev–Trinajstić information content (AvgIpc) is 2.28. The molecule has 0 saturated heterocycles. The lowest BCUT2D eigenvalue weighted by Crippen LogP contribution is -1.95. The molecule has 88 valence electrons. The van der Waals surface area contributed by atoms with Crippen LogP contribution in [-0.2, 0) is 12.8 Å². The zero-order chi connectivity index (χ0) is 12.3. The van der Waals surface area contributed by atoms with Crippen LogP contribution in [0.1, 0.15) is 11.1 Å². The van der Waals surface area contributed by atoms with Crippen molar-refractivity contribution in [2.24, 2.45) is 0 Å². The van der Waals surface area contributed by atoms with E-state index in [1.807, 2.05) is 30.3 Å². The maximum Gasteiger partial charge on any atom is 0.123 e. The van der Waals surface area contributed by atoms with Crippen molar-refractivity contribution in [3.05, 3.63) is 57.2 Å². The Hall–Kier alpha value is -1.06. The van der Waals surface area contributed by atoms with E-state index in [1.54, 1.807) is 6.20 Å². The van der Waals surface area contributed by atoms with E-state index >= 15 is 0 Å². The van der Waals surface area contributed by atoms with E-state index in [9.17, 15) is 0 Å². The van der Waals surface area contributed by atoms with Crippen LogP contribution in [0.5, 0.6) is 0 Å². The molecule has 1 aromatic carbocycles. The Kier molecular flexibility index (Phi) is 4.02. The summed E-state index contributed by atoms with van der Waals surface area (Å²) < 4.78 is 0.999. The lowest BCUT2D eigenvalue weighted by Gasteiger charge is -2.05. The van der Waals surface area contributed by atoms with Crippen molar-refractivity contribution in [3.8, 4) is 0 Å². The zero-order valence-corrected chi connectivity index (χ0v) is 11.5. The highest BCUT2D eigenvalue weighted by Crippen LogP contribution is 2.22. The molecular weight excluding hydrogens is 300 g/mol. The van der Waals surface area contributed by atoms with Crippen molar-refractivity contribution in [1.29, 1.82) is 0 Å². The van der Waals surface area contributed by atoms with Gasteiger partial charge in [0.15, 0.2) is 0 Å². The summed E-state index contributed by atoms with van der Waals surface area (Å²) in [5.74, 6) is 0.560. The fraction of sp³-hybridized carbons (Fsp3) is 0.154.